The minimum absolute atomic E-state index is 0.859. The molecule has 2 aromatic rings. The first-order valence-corrected chi connectivity index (χ1v) is 5.05. The van der Waals surface area contributed by atoms with Crippen LogP contribution in [0.3, 0.4) is 0 Å². The van der Waals surface area contributed by atoms with Crippen molar-refractivity contribution in [2.45, 2.75) is 0 Å². The van der Waals surface area contributed by atoms with Gasteiger partial charge in [0, 0.05) is 5.56 Å². The average molecular weight is 193 g/mol. The van der Waals surface area contributed by atoms with Crippen molar-refractivity contribution >= 4 is 41.8 Å². The summed E-state index contributed by atoms with van der Waals surface area (Å²) < 4.78 is 1.17. The SMILES string of the molecule is Nc1c(C=P)ccc2ccsc12. The third-order valence-electron chi connectivity index (χ3n) is 1.85. The molecule has 12 heavy (non-hydrogen) atoms. The van der Waals surface area contributed by atoms with E-state index in [9.17, 15) is 0 Å². The van der Waals surface area contributed by atoms with Gasteiger partial charge in [-0.3, -0.25) is 0 Å². The maximum atomic E-state index is 5.92. The van der Waals surface area contributed by atoms with Crippen LogP contribution in [0, 0.1) is 0 Å². The van der Waals surface area contributed by atoms with E-state index in [1.54, 1.807) is 11.3 Å². The average Bonchev–Trinajstić information content (AvgIpc) is 2.53. The summed E-state index contributed by atoms with van der Waals surface area (Å²) in [7, 11) is 3.33. The van der Waals surface area contributed by atoms with E-state index in [2.05, 4.69) is 26.4 Å². The largest absolute Gasteiger partial charge is 0.397 e. The van der Waals surface area contributed by atoms with Gasteiger partial charge in [-0.25, -0.2) is 0 Å². The molecule has 1 aromatic heterocycles. The summed E-state index contributed by atoms with van der Waals surface area (Å²) in [4.78, 5) is 0. The van der Waals surface area contributed by atoms with Crippen LogP contribution in [-0.2, 0) is 0 Å². The van der Waals surface area contributed by atoms with Crippen LogP contribution in [0.4, 0.5) is 5.69 Å². The molecule has 0 aliphatic carbocycles. The third kappa shape index (κ3) is 1.04. The minimum atomic E-state index is 0.859. The summed E-state index contributed by atoms with van der Waals surface area (Å²) in [5.74, 6) is 1.84. The van der Waals surface area contributed by atoms with Gasteiger partial charge in [0.1, 0.15) is 0 Å². The van der Waals surface area contributed by atoms with Gasteiger partial charge in [-0.1, -0.05) is 12.1 Å². The van der Waals surface area contributed by atoms with Crippen molar-refractivity contribution in [3.63, 3.8) is 0 Å². The van der Waals surface area contributed by atoms with Gasteiger partial charge in [0.25, 0.3) is 0 Å². The summed E-state index contributed by atoms with van der Waals surface area (Å²) in [6.45, 7) is 0. The molecule has 2 rings (SSSR count). The number of nitrogens with two attached hydrogens (primary N) is 1. The van der Waals surface area contributed by atoms with Crippen LogP contribution < -0.4 is 5.73 Å². The fourth-order valence-electron chi connectivity index (χ4n) is 1.20. The first-order valence-electron chi connectivity index (χ1n) is 3.59. The highest BCUT2D eigenvalue weighted by atomic mass is 32.1. The molecule has 0 unspecified atom stereocenters. The van der Waals surface area contributed by atoms with Crippen molar-refractivity contribution in [1.29, 1.82) is 0 Å². The van der Waals surface area contributed by atoms with E-state index < -0.39 is 0 Å². The van der Waals surface area contributed by atoms with Gasteiger partial charge in [0.2, 0.25) is 0 Å². The van der Waals surface area contributed by atoms with Crippen LogP contribution in [0.25, 0.3) is 10.1 Å². The first kappa shape index (κ1) is 7.78. The molecule has 0 aliphatic rings. The van der Waals surface area contributed by atoms with Gasteiger partial charge in [0.05, 0.1) is 10.4 Å². The van der Waals surface area contributed by atoms with Crippen molar-refractivity contribution in [2.75, 3.05) is 5.73 Å². The van der Waals surface area contributed by atoms with Gasteiger partial charge in [-0.15, -0.1) is 20.2 Å². The maximum absolute atomic E-state index is 5.92. The minimum Gasteiger partial charge on any atom is -0.397 e. The molecule has 1 nitrogen and oxygen atoms in total. The Balaban J connectivity index is 2.86. The van der Waals surface area contributed by atoms with Crippen LogP contribution in [-0.4, -0.2) is 5.80 Å². The summed E-state index contributed by atoms with van der Waals surface area (Å²) >= 11 is 1.68. The molecule has 0 aliphatic heterocycles. The molecule has 0 saturated heterocycles. The number of anilines is 1. The Bertz CT molecular complexity index is 433. The highest BCUT2D eigenvalue weighted by Gasteiger charge is 2.01. The number of hydrogen-bond donors (Lipinski definition) is 1. The second kappa shape index (κ2) is 2.89. The predicted molar refractivity (Wildman–Crippen MR) is 59.7 cm³/mol. The lowest BCUT2D eigenvalue weighted by Gasteiger charge is -1.99. The van der Waals surface area contributed by atoms with E-state index in [1.807, 2.05) is 11.9 Å². The molecule has 0 radical (unpaired) electrons. The van der Waals surface area contributed by atoms with E-state index >= 15 is 0 Å². The van der Waals surface area contributed by atoms with Crippen molar-refractivity contribution in [1.82, 2.24) is 0 Å². The molecule has 0 spiro atoms. The summed E-state index contributed by atoms with van der Waals surface area (Å²) in [5.41, 5.74) is 7.82. The lowest BCUT2D eigenvalue weighted by molar-refractivity contribution is 1.77. The highest BCUT2D eigenvalue weighted by molar-refractivity contribution is 7.19. The smallest absolute Gasteiger partial charge is 0.0578 e. The molecule has 0 atom stereocenters. The molecule has 0 amide bonds. The van der Waals surface area contributed by atoms with Crippen molar-refractivity contribution in [2.24, 2.45) is 0 Å². The van der Waals surface area contributed by atoms with E-state index in [0.29, 0.717) is 0 Å². The number of benzene rings is 1. The maximum Gasteiger partial charge on any atom is 0.0578 e. The Labute approximate surface area is 77.0 Å². The Morgan fingerprint density at radius 2 is 2.17 bits per heavy atom. The van der Waals surface area contributed by atoms with Crippen LogP contribution in [0.5, 0.6) is 0 Å². The Morgan fingerprint density at radius 1 is 1.33 bits per heavy atom. The van der Waals surface area contributed by atoms with Crippen molar-refractivity contribution in [3.05, 3.63) is 29.1 Å². The monoisotopic (exact) mass is 193 g/mol. The van der Waals surface area contributed by atoms with E-state index in [4.69, 9.17) is 5.73 Å². The topological polar surface area (TPSA) is 26.0 Å². The second-order valence-electron chi connectivity index (χ2n) is 2.55. The summed E-state index contributed by atoms with van der Waals surface area (Å²) in [5, 5.41) is 3.27. The standard InChI is InChI=1S/C9H8NPS/c10-8-7(5-11)2-1-6-3-4-12-9(6)8/h1-5,11H,10H2. The molecule has 60 valence electrons. The first-order chi connectivity index (χ1) is 5.83. The van der Waals surface area contributed by atoms with Crippen molar-refractivity contribution < 1.29 is 0 Å². The number of thiophene rings is 1. The van der Waals surface area contributed by atoms with Gasteiger partial charge < -0.3 is 5.73 Å². The molecular formula is C9H8NPS. The third-order valence-corrected chi connectivity index (χ3v) is 3.12. The van der Waals surface area contributed by atoms with Crippen LogP contribution in [0.1, 0.15) is 5.56 Å². The number of rotatable bonds is 1. The van der Waals surface area contributed by atoms with Gasteiger partial charge in [0.15, 0.2) is 0 Å². The number of nitrogen functional groups attached to an aromatic ring is 1. The zero-order valence-electron chi connectivity index (χ0n) is 6.37. The second-order valence-corrected chi connectivity index (χ2v) is 3.76. The zero-order valence-corrected chi connectivity index (χ0v) is 8.19. The molecule has 1 heterocycles. The zero-order chi connectivity index (χ0) is 8.55. The lowest BCUT2D eigenvalue weighted by atomic mass is 10.1. The summed E-state index contributed by atoms with van der Waals surface area (Å²) in [6, 6.07) is 6.17. The van der Waals surface area contributed by atoms with Gasteiger partial charge >= 0.3 is 0 Å². The normalized spacial score (nSPS) is 10.3. The van der Waals surface area contributed by atoms with E-state index in [1.165, 1.54) is 10.1 Å². The Hall–Kier alpha value is -0.850. The van der Waals surface area contributed by atoms with Gasteiger partial charge in [-0.05, 0) is 22.6 Å². The molecule has 1 aromatic carbocycles. The predicted octanol–water partition coefficient (Wildman–Crippen LogP) is 2.78. The summed E-state index contributed by atoms with van der Waals surface area (Å²) in [6.07, 6.45) is 0. The molecule has 3 heteroatoms. The van der Waals surface area contributed by atoms with Gasteiger partial charge in [-0.2, -0.15) is 0 Å². The fourth-order valence-corrected chi connectivity index (χ4v) is 2.32. The van der Waals surface area contributed by atoms with E-state index in [-0.39, 0.29) is 0 Å². The lowest BCUT2D eigenvalue weighted by Crippen LogP contribution is -1.90. The highest BCUT2D eigenvalue weighted by Crippen LogP contribution is 2.28. The van der Waals surface area contributed by atoms with Crippen LogP contribution in [0.15, 0.2) is 23.6 Å². The number of fused-ring (bicyclic) bond motifs is 1. The molecule has 2 N–H and O–H groups in total. The number of hydrogen-bond acceptors (Lipinski definition) is 2. The Kier molecular flexibility index (Phi) is 1.87. The van der Waals surface area contributed by atoms with Crippen LogP contribution >= 0.6 is 20.2 Å². The van der Waals surface area contributed by atoms with Crippen molar-refractivity contribution in [3.8, 4) is 0 Å². The Morgan fingerprint density at radius 3 is 2.92 bits per heavy atom. The molecule has 0 bridgehead atoms. The fraction of sp³-hybridized carbons (Fsp3) is 0. The quantitative estimate of drug-likeness (QED) is 0.547. The van der Waals surface area contributed by atoms with E-state index in [0.717, 1.165) is 11.3 Å². The van der Waals surface area contributed by atoms with Crippen LogP contribution in [0.2, 0.25) is 0 Å². The molecule has 0 fully saturated rings. The molecular weight excluding hydrogens is 185 g/mol. The molecule has 0 saturated carbocycles.